The summed E-state index contributed by atoms with van der Waals surface area (Å²) < 4.78 is 24.8. The maximum atomic E-state index is 12.8. The Morgan fingerprint density at radius 3 is 2.78 bits per heavy atom. The van der Waals surface area contributed by atoms with Gasteiger partial charge >= 0.3 is 0 Å². The highest BCUT2D eigenvalue weighted by Crippen LogP contribution is 2.53. The molecule has 2 saturated carbocycles. The monoisotopic (exact) mass is 372 g/mol. The summed E-state index contributed by atoms with van der Waals surface area (Å²) in [6.45, 7) is 4.39. The zero-order valence-corrected chi connectivity index (χ0v) is 16.0. The first-order valence-corrected chi connectivity index (χ1v) is 10.2. The molecule has 0 spiro atoms. The van der Waals surface area contributed by atoms with Crippen LogP contribution in [-0.2, 0) is 30.3 Å². The molecule has 5 rings (SSSR count). The van der Waals surface area contributed by atoms with Gasteiger partial charge in [-0.05, 0) is 44.6 Å². The van der Waals surface area contributed by atoms with Crippen LogP contribution < -0.4 is 0 Å². The Morgan fingerprint density at radius 2 is 1.96 bits per heavy atom. The molecule has 5 nitrogen and oxygen atoms in total. The first-order valence-electron chi connectivity index (χ1n) is 10.2. The molecule has 0 radical (unpaired) electrons. The molecule has 2 heterocycles. The van der Waals surface area contributed by atoms with Gasteiger partial charge in [0.2, 0.25) is 0 Å². The molecule has 1 aromatic rings. The van der Waals surface area contributed by atoms with E-state index in [9.17, 15) is 4.79 Å². The van der Waals surface area contributed by atoms with E-state index < -0.39 is 12.1 Å². The molecule has 2 aliphatic carbocycles. The number of benzene rings is 1. The van der Waals surface area contributed by atoms with E-state index >= 15 is 0 Å². The lowest BCUT2D eigenvalue weighted by atomic mass is 9.62. The van der Waals surface area contributed by atoms with Gasteiger partial charge < -0.3 is 18.9 Å². The number of carbonyl (C=O) groups excluding carboxylic acids is 1. The second-order valence-corrected chi connectivity index (χ2v) is 8.86. The number of hydrogen-bond donors (Lipinski definition) is 0. The third-order valence-electron chi connectivity index (χ3n) is 6.64. The van der Waals surface area contributed by atoms with Crippen LogP contribution in [0, 0.1) is 17.8 Å². The summed E-state index contributed by atoms with van der Waals surface area (Å²) in [5.41, 5.74) is 1.16. The summed E-state index contributed by atoms with van der Waals surface area (Å²) in [7, 11) is 0. The number of hydrogen-bond acceptors (Lipinski definition) is 5. The summed E-state index contributed by atoms with van der Waals surface area (Å²) in [5.74, 6) is 0.130. The summed E-state index contributed by atoms with van der Waals surface area (Å²) in [6, 6.07) is 10.2. The largest absolute Gasteiger partial charge is 0.371 e. The van der Waals surface area contributed by atoms with E-state index in [1.807, 2.05) is 32.0 Å². The molecule has 0 aromatic heterocycles. The van der Waals surface area contributed by atoms with Crippen LogP contribution in [0.1, 0.15) is 45.1 Å². The molecule has 27 heavy (non-hydrogen) atoms. The summed E-state index contributed by atoms with van der Waals surface area (Å²) in [5, 5.41) is 0. The van der Waals surface area contributed by atoms with E-state index in [1.165, 1.54) is 0 Å². The van der Waals surface area contributed by atoms with Crippen LogP contribution in [-0.4, -0.2) is 36.2 Å². The smallest absolute Gasteiger partial charge is 0.187 e. The summed E-state index contributed by atoms with van der Waals surface area (Å²) in [4.78, 5) is 12.8. The van der Waals surface area contributed by atoms with Crippen molar-refractivity contribution in [1.82, 2.24) is 0 Å². The van der Waals surface area contributed by atoms with Crippen molar-refractivity contribution in [3.63, 3.8) is 0 Å². The van der Waals surface area contributed by atoms with E-state index in [0.717, 1.165) is 24.8 Å². The van der Waals surface area contributed by atoms with E-state index in [1.54, 1.807) is 0 Å². The summed E-state index contributed by atoms with van der Waals surface area (Å²) in [6.07, 6.45) is 2.90. The van der Waals surface area contributed by atoms with Gasteiger partial charge in [0, 0.05) is 18.3 Å². The van der Waals surface area contributed by atoms with Crippen molar-refractivity contribution >= 4 is 5.78 Å². The number of ether oxygens (including phenoxy) is 4. The molecule has 5 heteroatoms. The van der Waals surface area contributed by atoms with Crippen molar-refractivity contribution in [2.24, 2.45) is 17.8 Å². The maximum Gasteiger partial charge on any atom is 0.187 e. The Kier molecular flexibility index (Phi) is 4.39. The van der Waals surface area contributed by atoms with Gasteiger partial charge in [-0.25, -0.2) is 0 Å². The average Bonchev–Trinajstić information content (AvgIpc) is 3.13. The fraction of sp³-hybridized carbons (Fsp3) is 0.682. The molecule has 0 unspecified atom stereocenters. The highest BCUT2D eigenvalue weighted by atomic mass is 16.8. The van der Waals surface area contributed by atoms with Crippen molar-refractivity contribution in [3.8, 4) is 0 Å². The topological polar surface area (TPSA) is 54.0 Å². The fourth-order valence-electron chi connectivity index (χ4n) is 5.61. The third kappa shape index (κ3) is 3.15. The average molecular weight is 372 g/mol. The Balaban J connectivity index is 1.39. The van der Waals surface area contributed by atoms with Crippen molar-refractivity contribution in [2.75, 3.05) is 0 Å². The second-order valence-electron chi connectivity index (χ2n) is 8.86. The van der Waals surface area contributed by atoms with Crippen LogP contribution in [0.25, 0.3) is 0 Å². The molecule has 0 bridgehead atoms. The van der Waals surface area contributed by atoms with Crippen LogP contribution >= 0.6 is 0 Å². The maximum absolute atomic E-state index is 12.8. The SMILES string of the molecule is CC1(C)O[C@H]2O[C@H]3[C@H]([C@H]2O1)[C@H]1C(=O)CCC[C@@H]1C[C@H]3OCc1ccccc1. The number of rotatable bonds is 3. The Hall–Kier alpha value is -1.27. The Labute approximate surface area is 160 Å². The quantitative estimate of drug-likeness (QED) is 0.813. The van der Waals surface area contributed by atoms with Crippen molar-refractivity contribution in [2.45, 2.75) is 76.5 Å². The van der Waals surface area contributed by atoms with Crippen LogP contribution in [0.15, 0.2) is 30.3 Å². The number of ketones is 1. The van der Waals surface area contributed by atoms with Gasteiger partial charge in [-0.15, -0.1) is 0 Å². The van der Waals surface area contributed by atoms with Crippen molar-refractivity contribution < 1.29 is 23.7 Å². The second kappa shape index (κ2) is 6.66. The first-order chi connectivity index (χ1) is 13.0. The van der Waals surface area contributed by atoms with E-state index in [-0.39, 0.29) is 30.1 Å². The van der Waals surface area contributed by atoms with Gasteiger partial charge in [0.05, 0.1) is 18.8 Å². The highest BCUT2D eigenvalue weighted by Gasteiger charge is 2.63. The first kappa shape index (κ1) is 17.8. The molecule has 2 aliphatic heterocycles. The van der Waals surface area contributed by atoms with E-state index in [0.29, 0.717) is 24.7 Å². The number of fused-ring (bicyclic) bond motifs is 5. The lowest BCUT2D eigenvalue weighted by Gasteiger charge is -2.46. The fourth-order valence-corrected chi connectivity index (χ4v) is 5.61. The Bertz CT molecular complexity index is 702. The zero-order chi connectivity index (χ0) is 18.6. The van der Waals surface area contributed by atoms with Gasteiger partial charge in [-0.2, -0.15) is 0 Å². The lowest BCUT2D eigenvalue weighted by Crippen LogP contribution is -2.53. The van der Waals surface area contributed by atoms with Crippen molar-refractivity contribution in [1.29, 1.82) is 0 Å². The van der Waals surface area contributed by atoms with Crippen molar-refractivity contribution in [3.05, 3.63) is 35.9 Å². The predicted octanol–water partition coefficient (Wildman–Crippen LogP) is 3.45. The normalized spacial score (nSPS) is 42.4. The van der Waals surface area contributed by atoms with Crippen LogP contribution in [0.4, 0.5) is 0 Å². The van der Waals surface area contributed by atoms with E-state index in [2.05, 4.69) is 12.1 Å². The molecular weight excluding hydrogens is 344 g/mol. The Morgan fingerprint density at radius 1 is 1.15 bits per heavy atom. The van der Waals surface area contributed by atoms with Gasteiger partial charge in [0.1, 0.15) is 11.9 Å². The van der Waals surface area contributed by atoms with Crippen LogP contribution in [0.5, 0.6) is 0 Å². The van der Waals surface area contributed by atoms with E-state index in [4.69, 9.17) is 18.9 Å². The molecule has 1 aromatic carbocycles. The standard InChI is InChI=1S/C22H28O5/c1-22(2)26-20-18-17-14(9-6-10-15(17)23)11-16(19(18)25-21(20)27-22)24-12-13-7-4-3-5-8-13/h3-5,7-8,14,16-21H,6,9-12H2,1-2H3/t14-,16-,17-,18-,19-,20-,21-/m1/s1. The van der Waals surface area contributed by atoms with Crippen LogP contribution in [0.2, 0.25) is 0 Å². The van der Waals surface area contributed by atoms with Gasteiger partial charge in [0.25, 0.3) is 0 Å². The highest BCUT2D eigenvalue weighted by molar-refractivity contribution is 5.82. The number of Topliss-reactive ketones (excluding diaryl/α,β-unsaturated/α-hetero) is 1. The number of carbonyl (C=O) groups is 1. The molecule has 7 atom stereocenters. The molecular formula is C22H28O5. The molecule has 4 fully saturated rings. The summed E-state index contributed by atoms with van der Waals surface area (Å²) >= 11 is 0. The molecule has 0 amide bonds. The van der Waals surface area contributed by atoms with Gasteiger partial charge in [-0.3, -0.25) is 4.79 Å². The molecule has 146 valence electrons. The minimum Gasteiger partial charge on any atom is -0.371 e. The van der Waals surface area contributed by atoms with Crippen LogP contribution in [0.3, 0.4) is 0 Å². The minimum absolute atomic E-state index is 0.0211. The van der Waals surface area contributed by atoms with Gasteiger partial charge in [0.15, 0.2) is 12.1 Å². The lowest BCUT2D eigenvalue weighted by molar-refractivity contribution is -0.236. The third-order valence-corrected chi connectivity index (χ3v) is 6.64. The molecule has 2 saturated heterocycles. The zero-order valence-electron chi connectivity index (χ0n) is 16.0. The molecule has 0 N–H and O–H groups in total. The predicted molar refractivity (Wildman–Crippen MR) is 97.7 cm³/mol. The molecule has 4 aliphatic rings. The van der Waals surface area contributed by atoms with Gasteiger partial charge in [-0.1, -0.05) is 30.3 Å². The minimum atomic E-state index is -0.661.